The Balaban J connectivity index is 1.36. The highest BCUT2D eigenvalue weighted by molar-refractivity contribution is 6.01. The molecule has 2 saturated heterocycles. The summed E-state index contributed by atoms with van der Waals surface area (Å²) < 4.78 is 5.91. The number of pyridine rings is 1. The predicted molar refractivity (Wildman–Crippen MR) is 115 cm³/mol. The minimum absolute atomic E-state index is 0.0535. The van der Waals surface area contributed by atoms with Gasteiger partial charge in [0, 0.05) is 51.8 Å². The van der Waals surface area contributed by atoms with Crippen LogP contribution in [0.3, 0.4) is 0 Å². The number of likely N-dealkylation sites (tertiary alicyclic amines) is 1. The molecule has 3 heterocycles. The summed E-state index contributed by atoms with van der Waals surface area (Å²) in [5.74, 6) is 0.418. The van der Waals surface area contributed by atoms with Crippen molar-refractivity contribution in [3.8, 4) is 0 Å². The minimum Gasteiger partial charge on any atom is -0.459 e. The zero-order valence-corrected chi connectivity index (χ0v) is 18.1. The Hall–Kier alpha value is -2.48. The van der Waals surface area contributed by atoms with E-state index in [1.807, 2.05) is 18.2 Å². The normalized spacial score (nSPS) is 22.1. The number of carbonyl (C=O) groups excluding carboxylic acids is 3. The van der Waals surface area contributed by atoms with Crippen molar-refractivity contribution >= 4 is 23.6 Å². The van der Waals surface area contributed by atoms with Crippen molar-refractivity contribution in [1.29, 1.82) is 0 Å². The third-order valence-electron chi connectivity index (χ3n) is 6.57. The van der Waals surface area contributed by atoms with Gasteiger partial charge in [0.2, 0.25) is 11.8 Å². The fourth-order valence-corrected chi connectivity index (χ4v) is 4.75. The lowest BCUT2D eigenvalue weighted by Gasteiger charge is -2.37. The summed E-state index contributed by atoms with van der Waals surface area (Å²) >= 11 is 0. The molecule has 8 nitrogen and oxygen atoms in total. The minimum atomic E-state index is -0.484. The second-order valence-corrected chi connectivity index (χ2v) is 8.77. The van der Waals surface area contributed by atoms with Crippen LogP contribution in [0.5, 0.6) is 0 Å². The molecule has 3 fully saturated rings. The van der Waals surface area contributed by atoms with Gasteiger partial charge in [-0.05, 0) is 25.0 Å². The lowest BCUT2D eigenvalue weighted by molar-refractivity contribution is -0.160. The molecule has 168 valence electrons. The topological polar surface area (TPSA) is 83.1 Å². The number of hydrogen-bond acceptors (Lipinski definition) is 7. The number of aromatic nitrogens is 1. The van der Waals surface area contributed by atoms with Crippen LogP contribution in [0.25, 0.3) is 0 Å². The van der Waals surface area contributed by atoms with Crippen molar-refractivity contribution in [3.05, 3.63) is 24.4 Å². The first kappa shape index (κ1) is 21.7. The van der Waals surface area contributed by atoms with E-state index in [9.17, 15) is 14.4 Å². The van der Waals surface area contributed by atoms with Crippen LogP contribution in [0.2, 0.25) is 0 Å². The number of esters is 1. The molecule has 1 aliphatic carbocycles. The number of rotatable bonds is 7. The Kier molecular flexibility index (Phi) is 7.17. The molecule has 1 atom stereocenters. The monoisotopic (exact) mass is 428 g/mol. The first-order chi connectivity index (χ1) is 15.1. The lowest BCUT2D eigenvalue weighted by Crippen LogP contribution is -2.51. The Labute approximate surface area is 183 Å². The van der Waals surface area contributed by atoms with Gasteiger partial charge in [0.25, 0.3) is 0 Å². The Bertz CT molecular complexity index is 757. The molecule has 1 saturated carbocycles. The third-order valence-corrected chi connectivity index (χ3v) is 6.57. The van der Waals surface area contributed by atoms with Crippen LogP contribution in [-0.4, -0.2) is 77.9 Å². The van der Waals surface area contributed by atoms with Crippen LogP contribution in [0, 0.1) is 5.92 Å². The molecule has 8 heteroatoms. The summed E-state index contributed by atoms with van der Waals surface area (Å²) in [6, 6.07) is 5.90. The SMILES string of the molecule is O=C(OC(CN1CCN(c2ccccn2)CC1)CN1C(=O)CCC1=O)C1CCCCC1. The van der Waals surface area contributed by atoms with Crippen LogP contribution >= 0.6 is 0 Å². The summed E-state index contributed by atoms with van der Waals surface area (Å²) in [6.07, 6.45) is 6.85. The second-order valence-electron chi connectivity index (χ2n) is 8.77. The number of amides is 2. The molecular formula is C23H32N4O4. The Morgan fingerprint density at radius 3 is 2.35 bits per heavy atom. The Morgan fingerprint density at radius 2 is 1.71 bits per heavy atom. The molecular weight excluding hydrogens is 396 g/mol. The van der Waals surface area contributed by atoms with E-state index in [0.29, 0.717) is 6.54 Å². The maximum Gasteiger partial charge on any atom is 0.309 e. The molecule has 0 N–H and O–H groups in total. The van der Waals surface area contributed by atoms with Crippen LogP contribution in [0.4, 0.5) is 5.82 Å². The van der Waals surface area contributed by atoms with Gasteiger partial charge in [-0.2, -0.15) is 0 Å². The summed E-state index contributed by atoms with van der Waals surface area (Å²) in [5.41, 5.74) is 0. The summed E-state index contributed by atoms with van der Waals surface area (Å²) in [5, 5.41) is 0. The van der Waals surface area contributed by atoms with Crippen LogP contribution < -0.4 is 4.90 Å². The zero-order valence-electron chi connectivity index (χ0n) is 18.1. The largest absolute Gasteiger partial charge is 0.459 e. The number of hydrogen-bond donors (Lipinski definition) is 0. The van der Waals surface area contributed by atoms with Crippen LogP contribution in [0.15, 0.2) is 24.4 Å². The molecule has 4 rings (SSSR count). The summed E-state index contributed by atoms with van der Waals surface area (Å²) in [4.78, 5) is 47.3. The maximum absolute atomic E-state index is 12.8. The highest BCUT2D eigenvalue weighted by Crippen LogP contribution is 2.25. The van der Waals surface area contributed by atoms with Gasteiger partial charge in [0.15, 0.2) is 0 Å². The van der Waals surface area contributed by atoms with Gasteiger partial charge in [-0.25, -0.2) is 4.98 Å². The molecule has 1 aromatic rings. The quantitative estimate of drug-likeness (QED) is 0.484. The van der Waals surface area contributed by atoms with Gasteiger partial charge < -0.3 is 9.64 Å². The van der Waals surface area contributed by atoms with Crippen molar-refractivity contribution in [3.63, 3.8) is 0 Å². The van der Waals surface area contributed by atoms with E-state index in [1.165, 1.54) is 11.3 Å². The van der Waals surface area contributed by atoms with E-state index in [0.717, 1.165) is 57.7 Å². The molecule has 0 radical (unpaired) electrons. The van der Waals surface area contributed by atoms with Crippen LogP contribution in [-0.2, 0) is 19.1 Å². The first-order valence-electron chi connectivity index (χ1n) is 11.5. The van der Waals surface area contributed by atoms with E-state index >= 15 is 0 Å². The molecule has 0 bridgehead atoms. The van der Waals surface area contributed by atoms with Gasteiger partial charge in [0.1, 0.15) is 11.9 Å². The van der Waals surface area contributed by atoms with Gasteiger partial charge in [-0.1, -0.05) is 25.3 Å². The van der Waals surface area contributed by atoms with Crippen molar-refractivity contribution < 1.29 is 19.1 Å². The molecule has 0 aromatic carbocycles. The van der Waals surface area contributed by atoms with Crippen molar-refractivity contribution in [2.45, 2.75) is 51.0 Å². The van der Waals surface area contributed by atoms with Crippen molar-refractivity contribution in [2.75, 3.05) is 44.2 Å². The second kappa shape index (κ2) is 10.2. The lowest BCUT2D eigenvalue weighted by atomic mass is 9.89. The van der Waals surface area contributed by atoms with Crippen LogP contribution in [0.1, 0.15) is 44.9 Å². The highest BCUT2D eigenvalue weighted by Gasteiger charge is 2.34. The van der Waals surface area contributed by atoms with E-state index in [-0.39, 0.29) is 43.1 Å². The van der Waals surface area contributed by atoms with E-state index in [2.05, 4.69) is 14.8 Å². The number of anilines is 1. The summed E-state index contributed by atoms with van der Waals surface area (Å²) in [6.45, 7) is 4.00. The Morgan fingerprint density at radius 1 is 1.00 bits per heavy atom. The van der Waals surface area contributed by atoms with Gasteiger partial charge in [-0.3, -0.25) is 24.2 Å². The smallest absolute Gasteiger partial charge is 0.309 e. The zero-order chi connectivity index (χ0) is 21.6. The average molecular weight is 429 g/mol. The van der Waals surface area contributed by atoms with E-state index in [1.54, 1.807) is 6.20 Å². The number of imide groups is 1. The van der Waals surface area contributed by atoms with Gasteiger partial charge in [-0.15, -0.1) is 0 Å². The molecule has 31 heavy (non-hydrogen) atoms. The molecule has 2 aliphatic heterocycles. The predicted octanol–water partition coefficient (Wildman–Crippen LogP) is 1.84. The first-order valence-corrected chi connectivity index (χ1v) is 11.5. The third kappa shape index (κ3) is 5.61. The number of carbonyl (C=O) groups is 3. The fraction of sp³-hybridized carbons (Fsp3) is 0.652. The summed E-state index contributed by atoms with van der Waals surface area (Å²) in [7, 11) is 0. The maximum atomic E-state index is 12.8. The van der Waals surface area contributed by atoms with E-state index in [4.69, 9.17) is 4.74 Å². The van der Waals surface area contributed by atoms with E-state index < -0.39 is 6.10 Å². The van der Waals surface area contributed by atoms with Gasteiger partial charge in [0.05, 0.1) is 12.5 Å². The molecule has 1 unspecified atom stereocenters. The van der Waals surface area contributed by atoms with Crippen molar-refractivity contribution in [2.24, 2.45) is 5.92 Å². The number of ether oxygens (including phenoxy) is 1. The number of piperazine rings is 1. The highest BCUT2D eigenvalue weighted by atomic mass is 16.5. The van der Waals surface area contributed by atoms with Crippen molar-refractivity contribution in [1.82, 2.24) is 14.8 Å². The number of nitrogens with zero attached hydrogens (tertiary/aromatic N) is 4. The molecule has 1 aromatic heterocycles. The fourth-order valence-electron chi connectivity index (χ4n) is 4.75. The molecule has 2 amide bonds. The molecule has 0 spiro atoms. The average Bonchev–Trinajstić information content (AvgIpc) is 3.12. The standard InChI is InChI=1S/C23H32N4O4/c28-21-9-10-22(29)27(21)17-19(31-23(30)18-6-2-1-3-7-18)16-25-12-14-26(15-13-25)20-8-4-5-11-24-20/h4-5,8,11,18-19H,1-3,6-7,9-10,12-17H2. The molecule has 3 aliphatic rings. The van der Waals surface area contributed by atoms with Gasteiger partial charge >= 0.3 is 5.97 Å².